The first-order valence-electron chi connectivity index (χ1n) is 7.93. The highest BCUT2D eigenvalue weighted by Crippen LogP contribution is 2.32. The summed E-state index contributed by atoms with van der Waals surface area (Å²) in [6.45, 7) is 1.81. The number of hydrogen-bond donors (Lipinski definition) is 2. The highest BCUT2D eigenvalue weighted by Gasteiger charge is 2.10. The van der Waals surface area contributed by atoms with E-state index >= 15 is 0 Å². The Morgan fingerprint density at radius 1 is 1.07 bits per heavy atom. The summed E-state index contributed by atoms with van der Waals surface area (Å²) in [4.78, 5) is 12.2. The van der Waals surface area contributed by atoms with Crippen molar-refractivity contribution in [2.45, 2.75) is 6.92 Å². The van der Waals surface area contributed by atoms with E-state index in [1.54, 1.807) is 48.5 Å². The van der Waals surface area contributed by atoms with Crippen molar-refractivity contribution in [2.75, 3.05) is 11.1 Å². The average molecular weight is 422 g/mol. The molecule has 0 unspecified atom stereocenters. The molecule has 0 aliphatic rings. The number of furan rings is 1. The topological polar surface area (TPSA) is 68.3 Å². The van der Waals surface area contributed by atoms with Gasteiger partial charge in [-0.3, -0.25) is 4.79 Å². The van der Waals surface area contributed by atoms with Crippen molar-refractivity contribution in [3.05, 3.63) is 74.9 Å². The van der Waals surface area contributed by atoms with Gasteiger partial charge in [0.15, 0.2) is 0 Å². The van der Waals surface area contributed by atoms with Gasteiger partial charge in [-0.2, -0.15) is 0 Å². The Kier molecular flexibility index (Phi) is 5.80. The second kappa shape index (κ2) is 8.09. The summed E-state index contributed by atoms with van der Waals surface area (Å²) in [7, 11) is 0. The van der Waals surface area contributed by atoms with Gasteiger partial charge in [0.05, 0.1) is 15.7 Å². The minimum absolute atomic E-state index is 0.344. The van der Waals surface area contributed by atoms with Gasteiger partial charge in [0.25, 0.3) is 0 Å². The van der Waals surface area contributed by atoms with Gasteiger partial charge >= 0.3 is 0 Å². The molecule has 0 saturated carbocycles. The Morgan fingerprint density at radius 2 is 1.85 bits per heavy atom. The molecule has 27 heavy (non-hydrogen) atoms. The van der Waals surface area contributed by atoms with E-state index in [1.807, 2.05) is 6.92 Å². The number of carbonyl (C=O) groups is 1. The number of nitrogens with two attached hydrogens (primary N) is 1. The molecule has 3 aromatic rings. The van der Waals surface area contributed by atoms with E-state index in [1.165, 1.54) is 6.08 Å². The summed E-state index contributed by atoms with van der Waals surface area (Å²) in [5, 5.41) is 4.19. The monoisotopic (exact) mass is 420 g/mol. The van der Waals surface area contributed by atoms with Gasteiger partial charge in [0.2, 0.25) is 5.91 Å². The summed E-state index contributed by atoms with van der Waals surface area (Å²) in [5.41, 5.74) is 8.23. The van der Waals surface area contributed by atoms with Crippen molar-refractivity contribution >= 4 is 58.2 Å². The maximum Gasteiger partial charge on any atom is 0.248 e. The van der Waals surface area contributed by atoms with Crippen LogP contribution in [-0.4, -0.2) is 5.91 Å². The third-order valence-electron chi connectivity index (χ3n) is 3.78. The van der Waals surface area contributed by atoms with Crippen LogP contribution in [0.3, 0.4) is 0 Å². The van der Waals surface area contributed by atoms with Crippen molar-refractivity contribution in [1.82, 2.24) is 0 Å². The molecule has 0 aliphatic heterocycles. The maximum absolute atomic E-state index is 12.2. The van der Waals surface area contributed by atoms with E-state index in [9.17, 15) is 4.79 Å². The molecular weight excluding hydrogens is 407 g/mol. The van der Waals surface area contributed by atoms with Gasteiger partial charge < -0.3 is 15.5 Å². The number of nitrogens with one attached hydrogen (secondary N) is 1. The maximum atomic E-state index is 12.2. The molecule has 3 rings (SSSR count). The lowest BCUT2D eigenvalue weighted by molar-refractivity contribution is -0.111. The summed E-state index contributed by atoms with van der Waals surface area (Å²) >= 11 is 18.3. The predicted molar refractivity (Wildman–Crippen MR) is 112 cm³/mol. The van der Waals surface area contributed by atoms with E-state index in [0.717, 1.165) is 5.56 Å². The first-order chi connectivity index (χ1) is 12.8. The van der Waals surface area contributed by atoms with Crippen molar-refractivity contribution in [2.24, 2.45) is 0 Å². The number of aryl methyl sites for hydroxylation is 1. The highest BCUT2D eigenvalue weighted by atomic mass is 35.5. The van der Waals surface area contributed by atoms with Gasteiger partial charge in [0.1, 0.15) is 11.5 Å². The summed E-state index contributed by atoms with van der Waals surface area (Å²) in [5.74, 6) is 0.708. The number of nitrogen functional groups attached to an aromatic ring is 1. The average Bonchev–Trinajstić information content (AvgIpc) is 3.07. The molecule has 7 heteroatoms. The smallest absolute Gasteiger partial charge is 0.248 e. The fraction of sp³-hybridized carbons (Fsp3) is 0.0500. The van der Waals surface area contributed by atoms with Gasteiger partial charge in [-0.25, -0.2) is 0 Å². The first kappa shape index (κ1) is 19.4. The molecule has 0 spiro atoms. The molecule has 1 heterocycles. The van der Waals surface area contributed by atoms with Crippen LogP contribution in [0.2, 0.25) is 15.1 Å². The van der Waals surface area contributed by atoms with Gasteiger partial charge in [0, 0.05) is 22.3 Å². The van der Waals surface area contributed by atoms with Crippen molar-refractivity contribution in [3.8, 4) is 11.3 Å². The van der Waals surface area contributed by atoms with Crippen LogP contribution in [0.25, 0.3) is 17.4 Å². The van der Waals surface area contributed by atoms with Crippen molar-refractivity contribution in [1.29, 1.82) is 0 Å². The van der Waals surface area contributed by atoms with Crippen LogP contribution in [0.5, 0.6) is 0 Å². The third kappa shape index (κ3) is 4.66. The standard InChI is InChI=1S/C20H15Cl3N2O2/c1-11-8-13(24)10-17(23)20(11)25-19(26)7-4-14-3-6-18(27-14)15-9-12(21)2-5-16(15)22/h2-10H,24H2,1H3,(H,25,26)/b7-4+. The van der Waals surface area contributed by atoms with Crippen molar-refractivity contribution < 1.29 is 9.21 Å². The zero-order valence-electron chi connectivity index (χ0n) is 14.2. The second-order valence-electron chi connectivity index (χ2n) is 5.84. The van der Waals surface area contributed by atoms with E-state index in [-0.39, 0.29) is 5.91 Å². The van der Waals surface area contributed by atoms with Crippen LogP contribution in [-0.2, 0) is 4.79 Å². The minimum Gasteiger partial charge on any atom is -0.457 e. The zero-order valence-corrected chi connectivity index (χ0v) is 16.5. The lowest BCUT2D eigenvalue weighted by Crippen LogP contribution is -2.09. The van der Waals surface area contributed by atoms with E-state index in [2.05, 4.69) is 5.32 Å². The minimum atomic E-state index is -0.344. The molecule has 1 aromatic heterocycles. The molecule has 138 valence electrons. The van der Waals surface area contributed by atoms with Crippen LogP contribution in [0.1, 0.15) is 11.3 Å². The molecule has 0 bridgehead atoms. The number of hydrogen-bond acceptors (Lipinski definition) is 3. The summed E-state index contributed by atoms with van der Waals surface area (Å²) in [6.07, 6.45) is 2.91. The van der Waals surface area contributed by atoms with E-state index < -0.39 is 0 Å². The molecule has 2 aromatic carbocycles. The van der Waals surface area contributed by atoms with Crippen molar-refractivity contribution in [3.63, 3.8) is 0 Å². The fourth-order valence-electron chi connectivity index (χ4n) is 2.53. The lowest BCUT2D eigenvalue weighted by Gasteiger charge is -2.09. The number of benzene rings is 2. The van der Waals surface area contributed by atoms with Crippen LogP contribution in [0, 0.1) is 6.92 Å². The molecule has 0 saturated heterocycles. The van der Waals surface area contributed by atoms with E-state index in [4.69, 9.17) is 45.0 Å². The quantitative estimate of drug-likeness (QED) is 0.376. The van der Waals surface area contributed by atoms with Gasteiger partial charge in [-0.1, -0.05) is 34.8 Å². The molecule has 0 radical (unpaired) electrons. The molecule has 3 N–H and O–H groups in total. The van der Waals surface area contributed by atoms with Gasteiger partial charge in [-0.05, 0) is 61.0 Å². The Morgan fingerprint density at radius 3 is 2.59 bits per heavy atom. The largest absolute Gasteiger partial charge is 0.457 e. The number of rotatable bonds is 4. The Labute approximate surface area is 171 Å². The van der Waals surface area contributed by atoms with Crippen LogP contribution < -0.4 is 11.1 Å². The number of halogens is 3. The van der Waals surface area contributed by atoms with Crippen LogP contribution in [0.15, 0.2) is 53.0 Å². The first-order valence-corrected chi connectivity index (χ1v) is 9.07. The third-order valence-corrected chi connectivity index (χ3v) is 4.64. The molecular formula is C20H15Cl3N2O2. The molecule has 4 nitrogen and oxygen atoms in total. The van der Waals surface area contributed by atoms with Gasteiger partial charge in [-0.15, -0.1) is 0 Å². The normalized spacial score (nSPS) is 11.1. The SMILES string of the molecule is Cc1cc(N)cc(Cl)c1NC(=O)/C=C/c1ccc(-c2cc(Cl)ccc2Cl)o1. The second-order valence-corrected chi connectivity index (χ2v) is 7.09. The number of anilines is 2. The molecule has 1 amide bonds. The van der Waals surface area contributed by atoms with Crippen LogP contribution in [0.4, 0.5) is 11.4 Å². The summed E-state index contributed by atoms with van der Waals surface area (Å²) < 4.78 is 5.72. The molecule has 0 atom stereocenters. The van der Waals surface area contributed by atoms with Crippen LogP contribution >= 0.6 is 34.8 Å². The predicted octanol–water partition coefficient (Wildman–Crippen LogP) is 6.45. The number of amides is 1. The Balaban J connectivity index is 1.75. The zero-order chi connectivity index (χ0) is 19.6. The lowest BCUT2D eigenvalue weighted by atomic mass is 10.1. The molecule has 0 fully saturated rings. The Bertz CT molecular complexity index is 1020. The fourth-order valence-corrected chi connectivity index (χ4v) is 3.23. The highest BCUT2D eigenvalue weighted by molar-refractivity contribution is 6.35. The Hall–Kier alpha value is -2.40. The number of carbonyl (C=O) groups excluding carboxylic acids is 1. The van der Waals surface area contributed by atoms with E-state index in [0.29, 0.717) is 43.5 Å². The molecule has 0 aliphatic carbocycles. The summed E-state index contributed by atoms with van der Waals surface area (Å²) in [6, 6.07) is 11.9.